The summed E-state index contributed by atoms with van der Waals surface area (Å²) in [5, 5.41) is 14.1. The Bertz CT molecular complexity index is 744. The second-order valence-corrected chi connectivity index (χ2v) is 5.53. The van der Waals surface area contributed by atoms with Crippen molar-refractivity contribution in [3.63, 3.8) is 0 Å². The van der Waals surface area contributed by atoms with Gasteiger partial charge < -0.3 is 15.0 Å². The van der Waals surface area contributed by atoms with Crippen molar-refractivity contribution in [3.05, 3.63) is 69.8 Å². The molecule has 0 saturated heterocycles. The third-order valence-electron chi connectivity index (χ3n) is 3.72. The van der Waals surface area contributed by atoms with Gasteiger partial charge in [0.15, 0.2) is 5.96 Å². The summed E-state index contributed by atoms with van der Waals surface area (Å²) in [4.78, 5) is 16.7. The number of nitro groups is 1. The Labute approximate surface area is 147 Å². The maximum atomic E-state index is 10.8. The average molecular weight is 342 g/mol. The van der Waals surface area contributed by atoms with Crippen molar-refractivity contribution < 1.29 is 9.66 Å². The molecule has 0 spiro atoms. The topological polar surface area (TPSA) is 80.0 Å². The molecule has 0 heterocycles. The van der Waals surface area contributed by atoms with Gasteiger partial charge in [-0.15, -0.1) is 0 Å². The van der Waals surface area contributed by atoms with Crippen LogP contribution in [0.25, 0.3) is 0 Å². The van der Waals surface area contributed by atoms with Gasteiger partial charge in [0, 0.05) is 39.3 Å². The smallest absolute Gasteiger partial charge is 0.269 e. The van der Waals surface area contributed by atoms with E-state index < -0.39 is 4.92 Å². The van der Waals surface area contributed by atoms with Crippen LogP contribution in [0.1, 0.15) is 11.1 Å². The lowest BCUT2D eigenvalue weighted by Crippen LogP contribution is -2.38. The molecule has 0 unspecified atom stereocenters. The molecule has 0 fully saturated rings. The van der Waals surface area contributed by atoms with Gasteiger partial charge in [-0.05, 0) is 23.3 Å². The number of nitro benzene ring substituents is 1. The molecule has 1 N–H and O–H groups in total. The Kier molecular flexibility index (Phi) is 6.33. The average Bonchev–Trinajstić information content (AvgIpc) is 2.63. The Hall–Kier alpha value is -3.09. The molecule has 0 radical (unpaired) electrons. The second-order valence-electron chi connectivity index (χ2n) is 5.53. The zero-order valence-electron chi connectivity index (χ0n) is 14.6. The third kappa shape index (κ3) is 5.20. The van der Waals surface area contributed by atoms with Gasteiger partial charge in [-0.2, -0.15) is 0 Å². The van der Waals surface area contributed by atoms with Crippen molar-refractivity contribution in [2.45, 2.75) is 13.1 Å². The number of ether oxygens (including phenoxy) is 1. The van der Waals surface area contributed by atoms with Crippen molar-refractivity contribution in [2.75, 3.05) is 21.2 Å². The zero-order valence-corrected chi connectivity index (χ0v) is 14.6. The normalized spacial score (nSPS) is 11.1. The van der Waals surface area contributed by atoms with Crippen molar-refractivity contribution in [1.82, 2.24) is 10.2 Å². The van der Waals surface area contributed by atoms with Crippen LogP contribution in [0.3, 0.4) is 0 Å². The summed E-state index contributed by atoms with van der Waals surface area (Å²) in [5.41, 5.74) is 2.04. The molecule has 0 bridgehead atoms. The van der Waals surface area contributed by atoms with Crippen LogP contribution in [-0.2, 0) is 13.1 Å². The number of nitrogens with zero attached hydrogens (tertiary/aromatic N) is 3. The predicted molar refractivity (Wildman–Crippen MR) is 97.8 cm³/mol. The largest absolute Gasteiger partial charge is 0.497 e. The molecule has 132 valence electrons. The van der Waals surface area contributed by atoms with E-state index in [1.54, 1.807) is 26.3 Å². The number of guanidine groups is 1. The van der Waals surface area contributed by atoms with Crippen LogP contribution in [-0.4, -0.2) is 37.0 Å². The van der Waals surface area contributed by atoms with E-state index >= 15 is 0 Å². The summed E-state index contributed by atoms with van der Waals surface area (Å²) in [6.45, 7) is 1.14. The first-order valence-electron chi connectivity index (χ1n) is 7.81. The number of benzene rings is 2. The Morgan fingerprint density at radius 3 is 2.56 bits per heavy atom. The number of aliphatic imine (C=N–C) groups is 1. The summed E-state index contributed by atoms with van der Waals surface area (Å²) in [5.74, 6) is 1.53. The fraction of sp³-hybridized carbons (Fsp3) is 0.278. The van der Waals surface area contributed by atoms with Gasteiger partial charge >= 0.3 is 0 Å². The van der Waals surface area contributed by atoms with Gasteiger partial charge in [0.25, 0.3) is 5.69 Å². The van der Waals surface area contributed by atoms with E-state index in [0.29, 0.717) is 19.0 Å². The molecule has 7 nitrogen and oxygen atoms in total. The van der Waals surface area contributed by atoms with E-state index in [1.165, 1.54) is 6.07 Å². The van der Waals surface area contributed by atoms with E-state index in [0.717, 1.165) is 16.9 Å². The van der Waals surface area contributed by atoms with Crippen LogP contribution in [0.4, 0.5) is 5.69 Å². The van der Waals surface area contributed by atoms with Gasteiger partial charge in [0.1, 0.15) is 5.75 Å². The van der Waals surface area contributed by atoms with Gasteiger partial charge in [0.2, 0.25) is 0 Å². The maximum absolute atomic E-state index is 10.8. The van der Waals surface area contributed by atoms with Gasteiger partial charge in [-0.1, -0.05) is 24.3 Å². The summed E-state index contributed by atoms with van der Waals surface area (Å²) >= 11 is 0. The minimum Gasteiger partial charge on any atom is -0.497 e. The predicted octanol–water partition coefficient (Wildman–Crippen LogP) is 2.81. The Morgan fingerprint density at radius 1 is 1.24 bits per heavy atom. The van der Waals surface area contributed by atoms with Crippen LogP contribution < -0.4 is 10.1 Å². The highest BCUT2D eigenvalue weighted by Crippen LogP contribution is 2.14. The third-order valence-corrected chi connectivity index (χ3v) is 3.72. The first kappa shape index (κ1) is 18.3. The lowest BCUT2D eigenvalue weighted by atomic mass is 10.2. The number of hydrogen-bond acceptors (Lipinski definition) is 4. The molecule has 25 heavy (non-hydrogen) atoms. The standard InChI is InChI=1S/C18H22N4O3/c1-19-18(20-12-15-5-4-6-16(11-15)22(23)24)21(2)13-14-7-9-17(25-3)10-8-14/h4-11H,12-13H2,1-3H3,(H,19,20). The highest BCUT2D eigenvalue weighted by molar-refractivity contribution is 5.79. The van der Waals surface area contributed by atoms with E-state index in [1.807, 2.05) is 42.3 Å². The van der Waals surface area contributed by atoms with Crippen LogP contribution >= 0.6 is 0 Å². The van der Waals surface area contributed by atoms with E-state index in [9.17, 15) is 10.1 Å². The van der Waals surface area contributed by atoms with Gasteiger partial charge in [-0.3, -0.25) is 15.1 Å². The lowest BCUT2D eigenvalue weighted by molar-refractivity contribution is -0.384. The van der Waals surface area contributed by atoms with Crippen molar-refractivity contribution >= 4 is 11.6 Å². The molecule has 0 amide bonds. The maximum Gasteiger partial charge on any atom is 0.269 e. The highest BCUT2D eigenvalue weighted by atomic mass is 16.6. The van der Waals surface area contributed by atoms with E-state index in [-0.39, 0.29) is 5.69 Å². The number of hydrogen-bond donors (Lipinski definition) is 1. The fourth-order valence-corrected chi connectivity index (χ4v) is 2.43. The number of nitrogens with one attached hydrogen (secondary N) is 1. The van der Waals surface area contributed by atoms with Crippen molar-refractivity contribution in [1.29, 1.82) is 0 Å². The van der Waals surface area contributed by atoms with E-state index in [2.05, 4.69) is 10.3 Å². The second kappa shape index (κ2) is 8.68. The van der Waals surface area contributed by atoms with Gasteiger partial charge in [0.05, 0.1) is 12.0 Å². The molecule has 0 aliphatic carbocycles. The fourth-order valence-electron chi connectivity index (χ4n) is 2.43. The van der Waals surface area contributed by atoms with Crippen LogP contribution in [0.15, 0.2) is 53.5 Å². The van der Waals surface area contributed by atoms with Crippen LogP contribution in [0.5, 0.6) is 5.75 Å². The first-order chi connectivity index (χ1) is 12.0. The molecular formula is C18H22N4O3. The van der Waals surface area contributed by atoms with Crippen LogP contribution in [0.2, 0.25) is 0 Å². The molecule has 0 aliphatic heterocycles. The number of non-ortho nitro benzene ring substituents is 1. The monoisotopic (exact) mass is 342 g/mol. The number of rotatable bonds is 6. The Morgan fingerprint density at radius 2 is 1.96 bits per heavy atom. The first-order valence-corrected chi connectivity index (χ1v) is 7.81. The molecule has 0 atom stereocenters. The highest BCUT2D eigenvalue weighted by Gasteiger charge is 2.09. The molecule has 2 aromatic rings. The molecule has 0 saturated carbocycles. The molecule has 0 aromatic heterocycles. The summed E-state index contributed by atoms with van der Waals surface area (Å²) in [6, 6.07) is 14.4. The Balaban J connectivity index is 1.96. The molecular weight excluding hydrogens is 320 g/mol. The van der Waals surface area contributed by atoms with Crippen LogP contribution in [0, 0.1) is 10.1 Å². The summed E-state index contributed by atoms with van der Waals surface area (Å²) in [6.07, 6.45) is 0. The van der Waals surface area contributed by atoms with Gasteiger partial charge in [-0.25, -0.2) is 0 Å². The zero-order chi connectivity index (χ0) is 18.2. The van der Waals surface area contributed by atoms with E-state index in [4.69, 9.17) is 4.74 Å². The quantitative estimate of drug-likeness (QED) is 0.378. The lowest BCUT2D eigenvalue weighted by Gasteiger charge is -2.22. The summed E-state index contributed by atoms with van der Waals surface area (Å²) < 4.78 is 5.16. The number of methoxy groups -OCH3 is 1. The molecule has 2 aromatic carbocycles. The molecule has 0 aliphatic rings. The minimum absolute atomic E-state index is 0.0841. The van der Waals surface area contributed by atoms with Crippen molar-refractivity contribution in [2.24, 2.45) is 4.99 Å². The summed E-state index contributed by atoms with van der Waals surface area (Å²) in [7, 11) is 5.29. The SMILES string of the molecule is CN=C(NCc1cccc([N+](=O)[O-])c1)N(C)Cc1ccc(OC)cc1. The molecule has 7 heteroatoms. The van der Waals surface area contributed by atoms with Crippen molar-refractivity contribution in [3.8, 4) is 5.75 Å². The molecule has 2 rings (SSSR count). The minimum atomic E-state index is -0.395.